The van der Waals surface area contributed by atoms with E-state index in [0.29, 0.717) is 12.2 Å². The number of ether oxygens (including phenoxy) is 1. The van der Waals surface area contributed by atoms with Crippen LogP contribution in [0.25, 0.3) is 5.57 Å². The Morgan fingerprint density at radius 3 is 2.58 bits per heavy atom. The van der Waals surface area contributed by atoms with E-state index >= 15 is 0 Å². The number of aromatic nitrogens is 1. The molecule has 1 heterocycles. The van der Waals surface area contributed by atoms with Gasteiger partial charge in [0.15, 0.2) is 6.39 Å². The maximum absolute atomic E-state index is 12.2. The van der Waals surface area contributed by atoms with E-state index in [1.54, 1.807) is 27.0 Å². The molecule has 7 nitrogen and oxygen atoms in total. The van der Waals surface area contributed by atoms with Crippen molar-refractivity contribution in [1.82, 2.24) is 15.6 Å². The van der Waals surface area contributed by atoms with Gasteiger partial charge in [0.2, 0.25) is 5.91 Å². The Hall–Kier alpha value is -2.31. The van der Waals surface area contributed by atoms with Crippen LogP contribution in [0, 0.1) is 5.92 Å². The van der Waals surface area contributed by atoms with Gasteiger partial charge < -0.3 is 19.8 Å². The number of alkyl carbamates (subject to hydrolysis) is 1. The summed E-state index contributed by atoms with van der Waals surface area (Å²) in [6.45, 7) is 8.87. The van der Waals surface area contributed by atoms with E-state index in [2.05, 4.69) is 15.6 Å². The van der Waals surface area contributed by atoms with Crippen molar-refractivity contribution in [2.45, 2.75) is 58.7 Å². The third kappa shape index (κ3) is 4.84. The van der Waals surface area contributed by atoms with Gasteiger partial charge >= 0.3 is 6.09 Å². The molecule has 0 fully saturated rings. The number of oxazole rings is 1. The van der Waals surface area contributed by atoms with Crippen molar-refractivity contribution in [3.8, 4) is 0 Å². The fourth-order valence-corrected chi connectivity index (χ4v) is 2.84. The van der Waals surface area contributed by atoms with Gasteiger partial charge in [-0.05, 0) is 38.7 Å². The van der Waals surface area contributed by atoms with Crippen LogP contribution in [-0.2, 0) is 9.53 Å². The summed E-state index contributed by atoms with van der Waals surface area (Å²) in [6, 6.07) is -0.523. The molecule has 0 saturated carbocycles. The Morgan fingerprint density at radius 1 is 1.33 bits per heavy atom. The van der Waals surface area contributed by atoms with Gasteiger partial charge in [0, 0.05) is 6.92 Å². The number of carbonyl (C=O) groups is 2. The van der Waals surface area contributed by atoms with Crippen molar-refractivity contribution in [3.05, 3.63) is 24.4 Å². The maximum atomic E-state index is 12.2. The van der Waals surface area contributed by atoms with E-state index < -0.39 is 11.7 Å². The molecule has 1 aliphatic carbocycles. The van der Waals surface area contributed by atoms with Crippen molar-refractivity contribution in [1.29, 1.82) is 0 Å². The molecule has 2 rings (SSSR count). The molecule has 0 aliphatic heterocycles. The van der Waals surface area contributed by atoms with Crippen LogP contribution >= 0.6 is 0 Å². The average Bonchev–Trinajstić information content (AvgIpc) is 2.93. The molecular formula is C17H25N3O4. The number of hydrogen-bond acceptors (Lipinski definition) is 5. The fraction of sp³-hybridized carbons (Fsp3) is 0.588. The van der Waals surface area contributed by atoms with E-state index in [1.807, 2.05) is 13.0 Å². The highest BCUT2D eigenvalue weighted by Crippen LogP contribution is 2.30. The summed E-state index contributed by atoms with van der Waals surface area (Å²) >= 11 is 0. The number of nitrogens with one attached hydrogen (secondary N) is 2. The topological polar surface area (TPSA) is 93.5 Å². The number of amides is 2. The molecule has 1 aromatic rings. The van der Waals surface area contributed by atoms with Gasteiger partial charge in [0.05, 0.1) is 18.3 Å². The molecule has 0 spiro atoms. The van der Waals surface area contributed by atoms with Crippen LogP contribution in [0.15, 0.2) is 23.1 Å². The van der Waals surface area contributed by atoms with E-state index in [1.165, 1.54) is 13.3 Å². The molecule has 2 N–H and O–H groups in total. The standard InChI is InChI=1S/C17H25N3O4/c1-10-6-12(14-8-18-9-23-14)7-13(15(10)19-11(2)21)20-16(22)24-17(3,4)5/h6,8-10,13,15H,7H2,1-5H3,(H,19,21)(H,20,22). The summed E-state index contributed by atoms with van der Waals surface area (Å²) in [5, 5.41) is 5.79. The summed E-state index contributed by atoms with van der Waals surface area (Å²) in [5.41, 5.74) is 0.361. The minimum Gasteiger partial charge on any atom is -0.444 e. The highest BCUT2D eigenvalue weighted by molar-refractivity contribution is 5.75. The van der Waals surface area contributed by atoms with Gasteiger partial charge in [-0.3, -0.25) is 4.79 Å². The molecule has 3 unspecified atom stereocenters. The molecule has 132 valence electrons. The zero-order valence-electron chi connectivity index (χ0n) is 14.8. The quantitative estimate of drug-likeness (QED) is 0.885. The molecule has 0 radical (unpaired) electrons. The van der Waals surface area contributed by atoms with Gasteiger partial charge in [-0.2, -0.15) is 0 Å². The van der Waals surface area contributed by atoms with E-state index in [9.17, 15) is 9.59 Å². The highest BCUT2D eigenvalue weighted by Gasteiger charge is 2.34. The lowest BCUT2D eigenvalue weighted by atomic mass is 9.82. The first kappa shape index (κ1) is 18.0. The second kappa shape index (κ2) is 7.07. The van der Waals surface area contributed by atoms with Crippen LogP contribution < -0.4 is 10.6 Å². The van der Waals surface area contributed by atoms with Gasteiger partial charge in [0.25, 0.3) is 0 Å². The second-order valence-electron chi connectivity index (χ2n) is 7.10. The predicted molar refractivity (Wildman–Crippen MR) is 89.0 cm³/mol. The third-order valence-electron chi connectivity index (χ3n) is 3.72. The summed E-state index contributed by atoms with van der Waals surface area (Å²) in [4.78, 5) is 27.6. The third-order valence-corrected chi connectivity index (χ3v) is 3.72. The van der Waals surface area contributed by atoms with Crippen molar-refractivity contribution in [2.75, 3.05) is 0 Å². The smallest absolute Gasteiger partial charge is 0.407 e. The van der Waals surface area contributed by atoms with Crippen molar-refractivity contribution in [3.63, 3.8) is 0 Å². The second-order valence-corrected chi connectivity index (χ2v) is 7.10. The van der Waals surface area contributed by atoms with Crippen LogP contribution in [0.3, 0.4) is 0 Å². The first-order valence-corrected chi connectivity index (χ1v) is 8.02. The van der Waals surface area contributed by atoms with Gasteiger partial charge in [-0.1, -0.05) is 13.0 Å². The summed E-state index contributed by atoms with van der Waals surface area (Å²) < 4.78 is 10.7. The number of rotatable bonds is 3. The molecule has 3 atom stereocenters. The average molecular weight is 335 g/mol. The van der Waals surface area contributed by atoms with E-state index in [-0.39, 0.29) is 23.9 Å². The normalized spacial score (nSPS) is 24.0. The minimum atomic E-state index is -0.586. The molecule has 2 amide bonds. The lowest BCUT2D eigenvalue weighted by Gasteiger charge is -2.36. The lowest BCUT2D eigenvalue weighted by molar-refractivity contribution is -0.120. The van der Waals surface area contributed by atoms with E-state index in [4.69, 9.17) is 9.15 Å². The minimum absolute atomic E-state index is 0.0164. The van der Waals surface area contributed by atoms with Crippen molar-refractivity contribution < 1.29 is 18.7 Å². The van der Waals surface area contributed by atoms with Crippen LogP contribution in [0.4, 0.5) is 4.79 Å². The molecule has 24 heavy (non-hydrogen) atoms. The van der Waals surface area contributed by atoms with Gasteiger partial charge in [-0.15, -0.1) is 0 Å². The molecular weight excluding hydrogens is 310 g/mol. The van der Waals surface area contributed by atoms with Gasteiger partial charge in [-0.25, -0.2) is 9.78 Å². The van der Waals surface area contributed by atoms with Crippen LogP contribution in [-0.4, -0.2) is 34.7 Å². The number of nitrogens with zero attached hydrogens (tertiary/aromatic N) is 1. The Kier molecular flexibility index (Phi) is 5.31. The van der Waals surface area contributed by atoms with Crippen LogP contribution in [0.5, 0.6) is 0 Å². The van der Waals surface area contributed by atoms with Crippen LogP contribution in [0.2, 0.25) is 0 Å². The fourth-order valence-electron chi connectivity index (χ4n) is 2.84. The maximum Gasteiger partial charge on any atom is 0.407 e. The Bertz CT molecular complexity index is 616. The zero-order valence-corrected chi connectivity index (χ0v) is 14.8. The molecule has 0 saturated heterocycles. The first-order valence-electron chi connectivity index (χ1n) is 8.02. The highest BCUT2D eigenvalue weighted by atomic mass is 16.6. The zero-order chi connectivity index (χ0) is 17.9. The SMILES string of the molecule is CC(=O)NC1C(C)C=C(c2cnco2)CC1NC(=O)OC(C)(C)C. The van der Waals surface area contributed by atoms with E-state index in [0.717, 1.165) is 5.57 Å². The van der Waals surface area contributed by atoms with Crippen molar-refractivity contribution >= 4 is 17.6 Å². The summed E-state index contributed by atoms with van der Waals surface area (Å²) in [6.07, 6.45) is 5.06. The first-order chi connectivity index (χ1) is 11.2. The van der Waals surface area contributed by atoms with Gasteiger partial charge in [0.1, 0.15) is 11.4 Å². The molecule has 1 aromatic heterocycles. The predicted octanol–water partition coefficient (Wildman–Crippen LogP) is 2.50. The lowest BCUT2D eigenvalue weighted by Crippen LogP contribution is -2.56. The molecule has 7 heteroatoms. The largest absolute Gasteiger partial charge is 0.444 e. The summed E-state index contributed by atoms with van der Waals surface area (Å²) in [5.74, 6) is 0.543. The van der Waals surface area contributed by atoms with Crippen molar-refractivity contribution in [2.24, 2.45) is 5.92 Å². The Morgan fingerprint density at radius 2 is 2.04 bits per heavy atom. The Balaban J connectivity index is 2.19. The molecule has 0 bridgehead atoms. The molecule has 0 aromatic carbocycles. The van der Waals surface area contributed by atoms with Crippen LogP contribution in [0.1, 0.15) is 46.8 Å². The number of carbonyl (C=O) groups excluding carboxylic acids is 2. The monoisotopic (exact) mass is 335 g/mol. The number of hydrogen-bond donors (Lipinski definition) is 2. The Labute approximate surface area is 141 Å². The summed E-state index contributed by atoms with van der Waals surface area (Å²) in [7, 11) is 0. The molecule has 1 aliphatic rings.